The lowest BCUT2D eigenvalue weighted by molar-refractivity contribution is 0.453. The average Bonchev–Trinajstić information content (AvgIpc) is 2.58. The van der Waals surface area contributed by atoms with Gasteiger partial charge >= 0.3 is 0 Å². The average molecular weight is 193 g/mol. The predicted molar refractivity (Wildman–Crippen MR) is 56.9 cm³/mol. The van der Waals surface area contributed by atoms with Crippen LogP contribution in [0.15, 0.2) is 12.4 Å². The molecule has 1 aliphatic rings. The van der Waals surface area contributed by atoms with Gasteiger partial charge in [0.15, 0.2) is 0 Å². The zero-order valence-corrected chi connectivity index (χ0v) is 8.63. The fourth-order valence-corrected chi connectivity index (χ4v) is 2.12. The Bertz CT molecular complexity index is 235. The Morgan fingerprint density at radius 3 is 2.71 bits per heavy atom. The summed E-state index contributed by atoms with van der Waals surface area (Å²) in [7, 11) is 0. The van der Waals surface area contributed by atoms with Gasteiger partial charge in [-0.25, -0.2) is 4.98 Å². The van der Waals surface area contributed by atoms with Crippen molar-refractivity contribution in [2.24, 2.45) is 0 Å². The lowest BCUT2D eigenvalue weighted by Gasteiger charge is -2.14. The van der Waals surface area contributed by atoms with Crippen molar-refractivity contribution in [3.63, 3.8) is 0 Å². The molecule has 0 saturated heterocycles. The van der Waals surface area contributed by atoms with Crippen LogP contribution in [0.4, 0.5) is 0 Å². The molecule has 2 N–H and O–H groups in total. The minimum atomic E-state index is 0.711. The second-order valence-electron chi connectivity index (χ2n) is 4.11. The maximum atomic E-state index is 4.21. The summed E-state index contributed by atoms with van der Waals surface area (Å²) in [6.45, 7) is 0.887. The van der Waals surface area contributed by atoms with Crippen molar-refractivity contribution >= 4 is 0 Å². The van der Waals surface area contributed by atoms with Gasteiger partial charge in [-0.15, -0.1) is 0 Å². The predicted octanol–water partition coefficient (Wildman–Crippen LogP) is 2.22. The van der Waals surface area contributed by atoms with Crippen molar-refractivity contribution < 1.29 is 0 Å². The molecule has 0 amide bonds. The highest BCUT2D eigenvalue weighted by Crippen LogP contribution is 2.17. The summed E-state index contributed by atoms with van der Waals surface area (Å²) in [4.78, 5) is 7.32. The lowest BCUT2D eigenvalue weighted by Crippen LogP contribution is -2.28. The van der Waals surface area contributed by atoms with Crippen molar-refractivity contribution in [1.82, 2.24) is 15.3 Å². The van der Waals surface area contributed by atoms with E-state index in [2.05, 4.69) is 15.3 Å². The van der Waals surface area contributed by atoms with Crippen molar-refractivity contribution in [2.75, 3.05) is 0 Å². The number of H-pyrrole nitrogens is 1. The first-order chi connectivity index (χ1) is 6.95. The van der Waals surface area contributed by atoms with Crippen LogP contribution in [0.2, 0.25) is 0 Å². The molecule has 0 spiro atoms. The smallest absolute Gasteiger partial charge is 0.120 e. The third-order valence-corrected chi connectivity index (χ3v) is 2.97. The number of aromatic amines is 1. The van der Waals surface area contributed by atoms with Gasteiger partial charge in [-0.1, -0.05) is 25.7 Å². The molecule has 14 heavy (non-hydrogen) atoms. The van der Waals surface area contributed by atoms with E-state index in [1.807, 2.05) is 12.4 Å². The van der Waals surface area contributed by atoms with Crippen LogP contribution in [0.1, 0.15) is 44.3 Å². The van der Waals surface area contributed by atoms with Gasteiger partial charge in [0.2, 0.25) is 0 Å². The van der Waals surface area contributed by atoms with Gasteiger partial charge in [0.05, 0.1) is 6.54 Å². The summed E-state index contributed by atoms with van der Waals surface area (Å²) in [6.07, 6.45) is 12.0. The number of rotatable bonds is 3. The van der Waals surface area contributed by atoms with Crippen LogP contribution in [0, 0.1) is 0 Å². The SMILES string of the molecule is c1c[nH]c(CNC2CCCCCC2)n1. The van der Waals surface area contributed by atoms with Gasteiger partial charge in [-0.05, 0) is 12.8 Å². The Balaban J connectivity index is 1.73. The van der Waals surface area contributed by atoms with Crippen LogP contribution >= 0.6 is 0 Å². The largest absolute Gasteiger partial charge is 0.348 e. The molecule has 1 aliphatic carbocycles. The first-order valence-corrected chi connectivity index (χ1v) is 5.67. The fraction of sp³-hybridized carbons (Fsp3) is 0.727. The molecule has 3 heteroatoms. The molecule has 0 unspecified atom stereocenters. The molecule has 1 fully saturated rings. The van der Waals surface area contributed by atoms with Gasteiger partial charge in [-0.2, -0.15) is 0 Å². The molecule has 0 bridgehead atoms. The Morgan fingerprint density at radius 1 is 1.29 bits per heavy atom. The number of imidazole rings is 1. The molecule has 2 rings (SSSR count). The van der Waals surface area contributed by atoms with Crippen molar-refractivity contribution in [2.45, 2.75) is 51.1 Å². The maximum absolute atomic E-state index is 4.21. The van der Waals surface area contributed by atoms with Crippen LogP contribution in [-0.2, 0) is 6.54 Å². The first kappa shape index (κ1) is 9.71. The monoisotopic (exact) mass is 193 g/mol. The zero-order chi connectivity index (χ0) is 9.64. The second-order valence-corrected chi connectivity index (χ2v) is 4.11. The molecule has 1 aromatic heterocycles. The topological polar surface area (TPSA) is 40.7 Å². The summed E-state index contributed by atoms with van der Waals surface area (Å²) >= 11 is 0. The van der Waals surface area contributed by atoms with Crippen LogP contribution < -0.4 is 5.32 Å². The lowest BCUT2D eigenvalue weighted by atomic mass is 10.1. The van der Waals surface area contributed by atoms with E-state index in [1.165, 1.54) is 38.5 Å². The van der Waals surface area contributed by atoms with Crippen LogP contribution in [0.5, 0.6) is 0 Å². The van der Waals surface area contributed by atoms with E-state index in [1.54, 1.807) is 0 Å². The Hall–Kier alpha value is -0.830. The van der Waals surface area contributed by atoms with Gasteiger partial charge in [0.25, 0.3) is 0 Å². The Morgan fingerprint density at radius 2 is 2.07 bits per heavy atom. The second kappa shape index (κ2) is 5.15. The molecule has 0 aromatic carbocycles. The van der Waals surface area contributed by atoms with Crippen molar-refractivity contribution in [1.29, 1.82) is 0 Å². The fourth-order valence-electron chi connectivity index (χ4n) is 2.12. The first-order valence-electron chi connectivity index (χ1n) is 5.67. The molecular formula is C11H19N3. The molecule has 3 nitrogen and oxygen atoms in total. The van der Waals surface area contributed by atoms with Gasteiger partial charge in [0, 0.05) is 18.4 Å². The number of aromatic nitrogens is 2. The molecular weight excluding hydrogens is 174 g/mol. The summed E-state index contributed by atoms with van der Waals surface area (Å²) in [5.41, 5.74) is 0. The maximum Gasteiger partial charge on any atom is 0.120 e. The van der Waals surface area contributed by atoms with Gasteiger partial charge in [-0.3, -0.25) is 0 Å². The third-order valence-electron chi connectivity index (χ3n) is 2.97. The minimum absolute atomic E-state index is 0.711. The normalized spacial score (nSPS) is 19.4. The quantitative estimate of drug-likeness (QED) is 0.723. The van der Waals surface area contributed by atoms with Crippen molar-refractivity contribution in [3.8, 4) is 0 Å². The van der Waals surface area contributed by atoms with Crippen molar-refractivity contribution in [3.05, 3.63) is 18.2 Å². The summed E-state index contributed by atoms with van der Waals surface area (Å²) in [6, 6.07) is 0.711. The Labute approximate surface area is 85.3 Å². The molecule has 1 saturated carbocycles. The molecule has 1 heterocycles. The number of hydrogen-bond donors (Lipinski definition) is 2. The van der Waals surface area contributed by atoms with Crippen LogP contribution in [-0.4, -0.2) is 16.0 Å². The molecule has 0 atom stereocenters. The van der Waals surface area contributed by atoms with E-state index in [9.17, 15) is 0 Å². The van der Waals surface area contributed by atoms with E-state index in [-0.39, 0.29) is 0 Å². The number of hydrogen-bond acceptors (Lipinski definition) is 2. The molecule has 1 aromatic rings. The highest BCUT2D eigenvalue weighted by Gasteiger charge is 2.11. The standard InChI is InChI=1S/C11H19N3/c1-2-4-6-10(5-3-1)14-9-11-12-7-8-13-11/h7-8,10,14H,1-6,9H2,(H,12,13). The number of nitrogens with one attached hydrogen (secondary N) is 2. The van der Waals surface area contributed by atoms with E-state index in [0.29, 0.717) is 6.04 Å². The molecule has 0 radical (unpaired) electrons. The van der Waals surface area contributed by atoms with E-state index in [0.717, 1.165) is 12.4 Å². The third kappa shape index (κ3) is 2.84. The van der Waals surface area contributed by atoms with Crippen LogP contribution in [0.3, 0.4) is 0 Å². The minimum Gasteiger partial charge on any atom is -0.348 e. The van der Waals surface area contributed by atoms with E-state index < -0.39 is 0 Å². The highest BCUT2D eigenvalue weighted by atomic mass is 15.0. The van der Waals surface area contributed by atoms with Crippen LogP contribution in [0.25, 0.3) is 0 Å². The summed E-state index contributed by atoms with van der Waals surface area (Å²) < 4.78 is 0. The highest BCUT2D eigenvalue weighted by molar-refractivity contribution is 4.87. The van der Waals surface area contributed by atoms with E-state index >= 15 is 0 Å². The Kier molecular flexibility index (Phi) is 3.57. The zero-order valence-electron chi connectivity index (χ0n) is 8.63. The van der Waals surface area contributed by atoms with E-state index in [4.69, 9.17) is 0 Å². The molecule has 0 aliphatic heterocycles. The summed E-state index contributed by atoms with van der Waals surface area (Å²) in [5.74, 6) is 1.05. The van der Waals surface area contributed by atoms with Gasteiger partial charge in [0.1, 0.15) is 5.82 Å². The number of nitrogens with zero attached hydrogens (tertiary/aromatic N) is 1. The van der Waals surface area contributed by atoms with Gasteiger partial charge < -0.3 is 10.3 Å². The molecule has 78 valence electrons. The summed E-state index contributed by atoms with van der Waals surface area (Å²) in [5, 5.41) is 3.57.